The lowest BCUT2D eigenvalue weighted by Gasteiger charge is -2.28. The molecule has 0 bridgehead atoms. The number of halogens is 2. The second-order valence-electron chi connectivity index (χ2n) is 6.70. The van der Waals surface area contributed by atoms with Gasteiger partial charge in [0.05, 0.1) is 18.5 Å². The van der Waals surface area contributed by atoms with Crippen LogP contribution >= 0.6 is 23.2 Å². The molecule has 0 unspecified atom stereocenters. The van der Waals surface area contributed by atoms with Gasteiger partial charge in [0.25, 0.3) is 0 Å². The lowest BCUT2D eigenvalue weighted by Crippen LogP contribution is -2.48. The highest BCUT2D eigenvalue weighted by molar-refractivity contribution is 7.92. The van der Waals surface area contributed by atoms with Crippen LogP contribution in [0, 0.1) is 13.8 Å². The molecule has 0 radical (unpaired) electrons. The maximum absolute atomic E-state index is 12.6. The number of nitrogens with zero attached hydrogens (tertiary/aromatic N) is 1. The maximum atomic E-state index is 12.6. The van der Waals surface area contributed by atoms with Crippen LogP contribution in [0.25, 0.3) is 0 Å². The second-order valence-corrected chi connectivity index (χ2v) is 9.43. The van der Waals surface area contributed by atoms with E-state index >= 15 is 0 Å². The summed E-state index contributed by atoms with van der Waals surface area (Å²) in [6.45, 7) is 5.94. The van der Waals surface area contributed by atoms with Gasteiger partial charge in [-0.1, -0.05) is 35.3 Å². The van der Waals surface area contributed by atoms with Crippen LogP contribution in [0.3, 0.4) is 0 Å². The van der Waals surface area contributed by atoms with Crippen LogP contribution in [0.2, 0.25) is 10.0 Å². The molecule has 0 aromatic heterocycles. The Morgan fingerprint density at radius 1 is 1.17 bits per heavy atom. The molecular weight excluding hydrogens is 435 g/mol. The molecule has 158 valence electrons. The zero-order valence-electron chi connectivity index (χ0n) is 16.7. The van der Waals surface area contributed by atoms with Crippen molar-refractivity contribution in [3.05, 3.63) is 57.6 Å². The van der Waals surface area contributed by atoms with E-state index in [1.54, 1.807) is 0 Å². The summed E-state index contributed by atoms with van der Waals surface area (Å²) in [6, 6.07) is 9.14. The highest BCUT2D eigenvalue weighted by Crippen LogP contribution is 2.28. The van der Waals surface area contributed by atoms with Gasteiger partial charge in [0.2, 0.25) is 15.9 Å². The molecule has 6 nitrogen and oxygen atoms in total. The van der Waals surface area contributed by atoms with Crippen molar-refractivity contribution in [1.29, 1.82) is 0 Å². The molecule has 0 aliphatic carbocycles. The molecular formula is C20H24Cl2N2O4S. The first-order valence-electron chi connectivity index (χ1n) is 8.93. The number of carbonyl (C=O) groups is 1. The molecule has 0 fully saturated rings. The highest BCUT2D eigenvalue weighted by Gasteiger charge is 2.29. The van der Waals surface area contributed by atoms with Crippen molar-refractivity contribution >= 4 is 44.8 Å². The number of rotatable bonds is 8. The number of ether oxygens (including phenoxy) is 1. The van der Waals surface area contributed by atoms with Gasteiger partial charge in [-0.25, -0.2) is 8.42 Å². The average molecular weight is 459 g/mol. The monoisotopic (exact) mass is 458 g/mol. The van der Waals surface area contributed by atoms with Gasteiger partial charge < -0.3 is 10.1 Å². The standard InChI is InChI=1S/C20H24Cl2N2O4S/c1-13-6-5-7-19(14(13)2)28-9-8-23-20(25)15(3)24(29(4,26)27)18-11-16(21)10-17(22)12-18/h5-7,10-12,15H,8-9H2,1-4H3,(H,23,25)/t15-/m0/s1. The fraction of sp³-hybridized carbons (Fsp3) is 0.350. The van der Waals surface area contributed by atoms with E-state index in [2.05, 4.69) is 5.32 Å². The molecule has 9 heteroatoms. The van der Waals surface area contributed by atoms with Crippen molar-refractivity contribution in [1.82, 2.24) is 5.32 Å². The zero-order chi connectivity index (χ0) is 21.8. The molecule has 2 rings (SSSR count). The summed E-state index contributed by atoms with van der Waals surface area (Å²) in [5.41, 5.74) is 2.37. The fourth-order valence-corrected chi connectivity index (χ4v) is 4.51. The Balaban J connectivity index is 2.05. The lowest BCUT2D eigenvalue weighted by atomic mass is 10.1. The van der Waals surface area contributed by atoms with Crippen molar-refractivity contribution in [2.24, 2.45) is 0 Å². The van der Waals surface area contributed by atoms with Crippen molar-refractivity contribution in [3.8, 4) is 5.75 Å². The molecule has 0 saturated carbocycles. The number of carbonyl (C=O) groups excluding carboxylic acids is 1. The summed E-state index contributed by atoms with van der Waals surface area (Å²) in [5.74, 6) is 0.287. The molecule has 2 aromatic carbocycles. The van der Waals surface area contributed by atoms with Crippen LogP contribution in [0.5, 0.6) is 5.75 Å². The Bertz CT molecular complexity index is 976. The summed E-state index contributed by atoms with van der Waals surface area (Å²) in [7, 11) is -3.76. The predicted octanol–water partition coefficient (Wildman–Crippen LogP) is 3.96. The van der Waals surface area contributed by atoms with Gasteiger partial charge in [0, 0.05) is 10.0 Å². The van der Waals surface area contributed by atoms with Crippen molar-refractivity contribution in [3.63, 3.8) is 0 Å². The van der Waals surface area contributed by atoms with Gasteiger partial charge in [0.1, 0.15) is 18.4 Å². The average Bonchev–Trinajstić information content (AvgIpc) is 2.60. The van der Waals surface area contributed by atoms with E-state index in [0.29, 0.717) is 0 Å². The lowest BCUT2D eigenvalue weighted by molar-refractivity contribution is -0.121. The number of hydrogen-bond acceptors (Lipinski definition) is 4. The Morgan fingerprint density at radius 2 is 1.79 bits per heavy atom. The summed E-state index contributed by atoms with van der Waals surface area (Å²) in [5, 5.41) is 3.25. The van der Waals surface area contributed by atoms with Gasteiger partial charge in [-0.15, -0.1) is 0 Å². The van der Waals surface area contributed by atoms with Crippen LogP contribution in [0.4, 0.5) is 5.69 Å². The molecule has 0 heterocycles. The second kappa shape index (κ2) is 9.69. The Labute approximate surface area is 181 Å². The Hall–Kier alpha value is -1.96. The van der Waals surface area contributed by atoms with Crippen LogP contribution in [0.15, 0.2) is 36.4 Å². The maximum Gasteiger partial charge on any atom is 0.243 e. The number of aryl methyl sites for hydroxylation is 1. The van der Waals surface area contributed by atoms with Crippen LogP contribution < -0.4 is 14.4 Å². The molecule has 0 aliphatic rings. The van der Waals surface area contributed by atoms with E-state index in [1.807, 2.05) is 32.0 Å². The van der Waals surface area contributed by atoms with E-state index in [1.165, 1.54) is 25.1 Å². The fourth-order valence-electron chi connectivity index (χ4n) is 2.84. The topological polar surface area (TPSA) is 75.7 Å². The third kappa shape index (κ3) is 6.26. The van der Waals surface area contributed by atoms with Crippen LogP contribution in [0.1, 0.15) is 18.1 Å². The van der Waals surface area contributed by atoms with Crippen LogP contribution in [-0.4, -0.2) is 39.8 Å². The molecule has 1 N–H and O–H groups in total. The summed E-state index contributed by atoms with van der Waals surface area (Å²) < 4.78 is 31.3. The molecule has 0 spiro atoms. The number of amides is 1. The molecule has 1 amide bonds. The van der Waals surface area contributed by atoms with E-state index in [9.17, 15) is 13.2 Å². The van der Waals surface area contributed by atoms with E-state index in [4.69, 9.17) is 27.9 Å². The third-order valence-electron chi connectivity index (χ3n) is 4.40. The quantitative estimate of drug-likeness (QED) is 0.607. The minimum Gasteiger partial charge on any atom is -0.491 e. The molecule has 2 aromatic rings. The van der Waals surface area contributed by atoms with Crippen molar-refractivity contribution < 1.29 is 17.9 Å². The van der Waals surface area contributed by atoms with Crippen molar-refractivity contribution in [2.45, 2.75) is 26.8 Å². The van der Waals surface area contributed by atoms with E-state index < -0.39 is 22.0 Å². The number of hydrogen-bond donors (Lipinski definition) is 1. The Morgan fingerprint density at radius 3 is 2.38 bits per heavy atom. The number of benzene rings is 2. The summed E-state index contributed by atoms with van der Waals surface area (Å²) in [4.78, 5) is 12.6. The normalized spacial score (nSPS) is 12.3. The number of anilines is 1. The van der Waals surface area contributed by atoms with E-state index in [-0.39, 0.29) is 28.9 Å². The predicted molar refractivity (Wildman–Crippen MR) is 118 cm³/mol. The highest BCUT2D eigenvalue weighted by atomic mass is 35.5. The first kappa shape index (κ1) is 23.3. The first-order chi connectivity index (χ1) is 13.5. The molecule has 0 aliphatic heterocycles. The summed E-state index contributed by atoms with van der Waals surface area (Å²) >= 11 is 12.0. The zero-order valence-corrected chi connectivity index (χ0v) is 19.0. The molecule has 1 atom stereocenters. The first-order valence-corrected chi connectivity index (χ1v) is 11.5. The smallest absolute Gasteiger partial charge is 0.243 e. The van der Waals surface area contributed by atoms with E-state index in [0.717, 1.165) is 27.4 Å². The molecule has 0 saturated heterocycles. The van der Waals surface area contributed by atoms with Gasteiger partial charge in [-0.05, 0) is 56.2 Å². The Kier molecular flexibility index (Phi) is 7.80. The minimum atomic E-state index is -3.76. The molecule has 29 heavy (non-hydrogen) atoms. The number of sulfonamides is 1. The largest absolute Gasteiger partial charge is 0.491 e. The van der Waals surface area contributed by atoms with Gasteiger partial charge in [-0.2, -0.15) is 0 Å². The van der Waals surface area contributed by atoms with Gasteiger partial charge in [0.15, 0.2) is 0 Å². The minimum absolute atomic E-state index is 0.222. The van der Waals surface area contributed by atoms with Crippen molar-refractivity contribution in [2.75, 3.05) is 23.7 Å². The van der Waals surface area contributed by atoms with Gasteiger partial charge >= 0.3 is 0 Å². The number of nitrogens with one attached hydrogen (secondary N) is 1. The van der Waals surface area contributed by atoms with Crippen LogP contribution in [-0.2, 0) is 14.8 Å². The SMILES string of the molecule is Cc1cccc(OCCNC(=O)[C@H](C)N(c2cc(Cl)cc(Cl)c2)S(C)(=O)=O)c1C. The van der Waals surface area contributed by atoms with Gasteiger partial charge in [-0.3, -0.25) is 9.10 Å². The third-order valence-corrected chi connectivity index (χ3v) is 6.08. The summed E-state index contributed by atoms with van der Waals surface area (Å²) in [6.07, 6.45) is 1.02.